The fourth-order valence-corrected chi connectivity index (χ4v) is 1.77. The van der Waals surface area contributed by atoms with Crippen molar-refractivity contribution in [2.75, 3.05) is 26.2 Å². The van der Waals surface area contributed by atoms with Gasteiger partial charge >= 0.3 is 0 Å². The number of carbonyl (C=O) groups excluding carboxylic acids is 1. The summed E-state index contributed by atoms with van der Waals surface area (Å²) in [5.41, 5.74) is 0. The topological polar surface area (TPSA) is 40.5 Å². The number of carbonyl (C=O) groups is 1. The summed E-state index contributed by atoms with van der Waals surface area (Å²) in [4.78, 5) is 12.8. The van der Waals surface area contributed by atoms with Crippen molar-refractivity contribution in [2.24, 2.45) is 11.8 Å². The summed E-state index contributed by atoms with van der Waals surface area (Å²) in [6, 6.07) is 0. The molecule has 0 saturated carbocycles. The van der Waals surface area contributed by atoms with Gasteiger partial charge in [-0.15, -0.1) is 0 Å². The summed E-state index contributed by atoms with van der Waals surface area (Å²) < 4.78 is 0. The van der Waals surface area contributed by atoms with Gasteiger partial charge in [0.25, 0.3) is 0 Å². The number of rotatable bonds is 4. The highest BCUT2D eigenvalue weighted by Gasteiger charge is 2.19. The van der Waals surface area contributed by atoms with Crippen LogP contribution in [0.1, 0.15) is 19.8 Å². The third-order valence-corrected chi connectivity index (χ3v) is 2.71. The van der Waals surface area contributed by atoms with E-state index in [1.54, 1.807) is 0 Å². The van der Waals surface area contributed by atoms with Crippen molar-refractivity contribution >= 4 is 6.29 Å². The highest BCUT2D eigenvalue weighted by Crippen LogP contribution is 2.15. The third kappa shape index (κ3) is 3.44. The first-order valence-electron chi connectivity index (χ1n) is 5.04. The van der Waals surface area contributed by atoms with Crippen molar-refractivity contribution in [3.8, 4) is 0 Å². The number of piperidine rings is 1. The Hall–Kier alpha value is -0.410. The lowest BCUT2D eigenvalue weighted by Crippen LogP contribution is -2.37. The summed E-state index contributed by atoms with van der Waals surface area (Å²) in [7, 11) is 0. The fraction of sp³-hybridized carbons (Fsp3) is 0.900. The molecule has 0 amide bonds. The van der Waals surface area contributed by atoms with E-state index in [1.807, 2.05) is 6.92 Å². The van der Waals surface area contributed by atoms with Crippen LogP contribution in [0.25, 0.3) is 0 Å². The van der Waals surface area contributed by atoms with Crippen LogP contribution in [0.15, 0.2) is 0 Å². The molecule has 1 unspecified atom stereocenters. The predicted molar refractivity (Wildman–Crippen MR) is 51.5 cm³/mol. The van der Waals surface area contributed by atoms with Gasteiger partial charge in [-0.25, -0.2) is 0 Å². The van der Waals surface area contributed by atoms with Gasteiger partial charge in [0.15, 0.2) is 0 Å². The zero-order valence-electron chi connectivity index (χ0n) is 8.28. The van der Waals surface area contributed by atoms with Crippen LogP contribution < -0.4 is 0 Å². The van der Waals surface area contributed by atoms with Gasteiger partial charge in [0.1, 0.15) is 6.29 Å². The van der Waals surface area contributed by atoms with Gasteiger partial charge in [-0.2, -0.15) is 0 Å². The fourth-order valence-electron chi connectivity index (χ4n) is 1.77. The molecule has 1 fully saturated rings. The van der Waals surface area contributed by atoms with E-state index >= 15 is 0 Å². The van der Waals surface area contributed by atoms with Crippen LogP contribution in [0.4, 0.5) is 0 Å². The highest BCUT2D eigenvalue weighted by atomic mass is 16.3. The van der Waals surface area contributed by atoms with Crippen molar-refractivity contribution in [3.05, 3.63) is 0 Å². The van der Waals surface area contributed by atoms with E-state index in [9.17, 15) is 4.79 Å². The van der Waals surface area contributed by atoms with Gasteiger partial charge in [0.05, 0.1) is 0 Å². The van der Waals surface area contributed by atoms with Crippen LogP contribution >= 0.6 is 0 Å². The lowest BCUT2D eigenvalue weighted by atomic mass is 9.98. The first kappa shape index (κ1) is 10.7. The third-order valence-electron chi connectivity index (χ3n) is 2.71. The minimum atomic E-state index is 0.258. The quantitative estimate of drug-likeness (QED) is 0.649. The monoisotopic (exact) mass is 185 g/mol. The second-order valence-corrected chi connectivity index (χ2v) is 4.06. The van der Waals surface area contributed by atoms with Crippen LogP contribution in [0.2, 0.25) is 0 Å². The molecule has 3 heteroatoms. The summed E-state index contributed by atoms with van der Waals surface area (Å²) in [6.07, 6.45) is 3.05. The highest BCUT2D eigenvalue weighted by molar-refractivity contribution is 5.53. The maximum atomic E-state index is 10.5. The first-order valence-corrected chi connectivity index (χ1v) is 5.04. The summed E-state index contributed by atoms with van der Waals surface area (Å²) >= 11 is 0. The van der Waals surface area contributed by atoms with Crippen LogP contribution in [-0.4, -0.2) is 42.5 Å². The van der Waals surface area contributed by atoms with Gasteiger partial charge in [0.2, 0.25) is 0 Å². The smallest absolute Gasteiger partial charge is 0.123 e. The molecule has 3 nitrogen and oxygen atoms in total. The Kier molecular flexibility index (Phi) is 4.39. The summed E-state index contributed by atoms with van der Waals surface area (Å²) in [5.74, 6) is 0.633. The van der Waals surface area contributed by atoms with E-state index in [2.05, 4.69) is 4.90 Å². The van der Waals surface area contributed by atoms with E-state index in [0.29, 0.717) is 5.92 Å². The van der Waals surface area contributed by atoms with Crippen LogP contribution in [0, 0.1) is 11.8 Å². The van der Waals surface area contributed by atoms with E-state index in [1.165, 1.54) is 0 Å². The Morgan fingerprint density at radius 2 is 2.15 bits per heavy atom. The number of nitrogens with zero attached hydrogens (tertiary/aromatic N) is 1. The molecule has 1 heterocycles. The van der Waals surface area contributed by atoms with Gasteiger partial charge in [-0.1, -0.05) is 6.92 Å². The largest absolute Gasteiger partial charge is 0.396 e. The molecule has 76 valence electrons. The van der Waals surface area contributed by atoms with Crippen molar-refractivity contribution in [3.63, 3.8) is 0 Å². The molecule has 1 atom stereocenters. The van der Waals surface area contributed by atoms with E-state index in [-0.39, 0.29) is 12.5 Å². The number of likely N-dealkylation sites (tertiary alicyclic amines) is 1. The van der Waals surface area contributed by atoms with Gasteiger partial charge in [0, 0.05) is 19.1 Å². The maximum absolute atomic E-state index is 10.5. The number of aliphatic hydroxyl groups excluding tert-OH is 1. The normalized spacial score (nSPS) is 22.9. The Morgan fingerprint density at radius 1 is 1.54 bits per heavy atom. The van der Waals surface area contributed by atoms with Crippen molar-refractivity contribution in [1.29, 1.82) is 0 Å². The van der Waals surface area contributed by atoms with Gasteiger partial charge in [-0.05, 0) is 31.8 Å². The first-order chi connectivity index (χ1) is 6.26. The second-order valence-electron chi connectivity index (χ2n) is 4.06. The Bertz CT molecular complexity index is 153. The van der Waals surface area contributed by atoms with Crippen molar-refractivity contribution in [1.82, 2.24) is 4.90 Å². The minimum absolute atomic E-state index is 0.258. The SMILES string of the molecule is CC(CO)CN1CCC(C=O)CC1. The zero-order chi connectivity index (χ0) is 9.68. The van der Waals surface area contributed by atoms with E-state index in [0.717, 1.165) is 38.8 Å². The molecule has 0 aliphatic carbocycles. The molecule has 1 saturated heterocycles. The summed E-state index contributed by atoms with van der Waals surface area (Å²) in [6.45, 7) is 5.28. The number of hydrogen-bond donors (Lipinski definition) is 1. The molecular weight excluding hydrogens is 166 g/mol. The molecule has 1 rings (SSSR count). The van der Waals surface area contributed by atoms with Crippen molar-refractivity contribution < 1.29 is 9.90 Å². The average Bonchev–Trinajstić information content (AvgIpc) is 2.19. The summed E-state index contributed by atoms with van der Waals surface area (Å²) in [5, 5.41) is 8.88. The molecule has 0 bridgehead atoms. The Labute approximate surface area is 79.7 Å². The maximum Gasteiger partial charge on any atom is 0.123 e. The molecule has 13 heavy (non-hydrogen) atoms. The van der Waals surface area contributed by atoms with Crippen molar-refractivity contribution in [2.45, 2.75) is 19.8 Å². The number of hydrogen-bond acceptors (Lipinski definition) is 3. The second kappa shape index (κ2) is 5.35. The minimum Gasteiger partial charge on any atom is -0.396 e. The molecule has 0 aromatic carbocycles. The number of aldehydes is 1. The van der Waals surface area contributed by atoms with Crippen LogP contribution in [-0.2, 0) is 4.79 Å². The molecule has 0 radical (unpaired) electrons. The standard InChI is InChI=1S/C10H19NO2/c1-9(7-12)6-11-4-2-10(8-13)3-5-11/h8-10,12H,2-7H2,1H3. The Morgan fingerprint density at radius 3 is 2.62 bits per heavy atom. The van der Waals surface area contributed by atoms with Crippen LogP contribution in [0.3, 0.4) is 0 Å². The van der Waals surface area contributed by atoms with Gasteiger partial charge in [-0.3, -0.25) is 0 Å². The molecule has 0 aromatic rings. The molecule has 1 aliphatic heterocycles. The van der Waals surface area contributed by atoms with Crippen LogP contribution in [0.5, 0.6) is 0 Å². The lowest BCUT2D eigenvalue weighted by Gasteiger charge is -2.31. The average molecular weight is 185 g/mol. The predicted octanol–water partition coefficient (Wildman–Crippen LogP) is 0.526. The zero-order valence-corrected chi connectivity index (χ0v) is 8.28. The van der Waals surface area contributed by atoms with E-state index in [4.69, 9.17) is 5.11 Å². The lowest BCUT2D eigenvalue weighted by molar-refractivity contribution is -0.112. The molecule has 0 spiro atoms. The molecule has 1 aliphatic rings. The Balaban J connectivity index is 2.20. The molecular formula is C10H19NO2. The molecule has 0 aromatic heterocycles. The number of aliphatic hydroxyl groups is 1. The van der Waals surface area contributed by atoms with Gasteiger partial charge < -0.3 is 14.8 Å². The molecule has 1 N–H and O–H groups in total. The van der Waals surface area contributed by atoms with E-state index < -0.39 is 0 Å².